The van der Waals surface area contributed by atoms with E-state index in [2.05, 4.69) is 21.3 Å². The van der Waals surface area contributed by atoms with Crippen LogP contribution in [0.15, 0.2) is 134 Å². The maximum absolute atomic E-state index is 12.9. The van der Waals surface area contributed by atoms with Crippen molar-refractivity contribution < 1.29 is 95.2 Å². The second-order valence-corrected chi connectivity index (χ2v) is 19.9. The number of phenolic OH excluding ortho intramolecular Hbond substituents is 4. The molecule has 0 radical (unpaired) electrons. The van der Waals surface area contributed by atoms with Gasteiger partial charge in [0.25, 0.3) is 23.6 Å². The second-order valence-electron chi connectivity index (χ2n) is 19.9. The van der Waals surface area contributed by atoms with Gasteiger partial charge in [-0.2, -0.15) is 0 Å². The van der Waals surface area contributed by atoms with Crippen molar-refractivity contribution in [1.82, 2.24) is 21.3 Å². The van der Waals surface area contributed by atoms with Gasteiger partial charge in [-0.3, -0.25) is 19.2 Å². The minimum atomic E-state index is -1.03. The smallest absolute Gasteiger partial charge is 0.349 e. The van der Waals surface area contributed by atoms with Crippen LogP contribution in [0.3, 0.4) is 0 Å². The van der Waals surface area contributed by atoms with E-state index in [4.69, 9.17) is 55.6 Å². The van der Waals surface area contributed by atoms with E-state index in [-0.39, 0.29) is 199 Å². The van der Waals surface area contributed by atoms with E-state index >= 15 is 0 Å². The van der Waals surface area contributed by atoms with Crippen LogP contribution in [-0.2, 0) is 37.9 Å². The number of hydrogen-bond acceptors (Lipinski definition) is 24. The fraction of sp³-hybridized carbons (Fsp3) is 0.344. The zero-order valence-corrected chi connectivity index (χ0v) is 47.8. The van der Waals surface area contributed by atoms with Crippen molar-refractivity contribution >= 4 is 67.5 Å². The highest BCUT2D eigenvalue weighted by molar-refractivity contribution is 5.99. The van der Waals surface area contributed by atoms with Crippen LogP contribution in [0.5, 0.6) is 23.0 Å². The number of carbonyl (C=O) groups is 4. The first kappa shape index (κ1) is 65.5. The van der Waals surface area contributed by atoms with Gasteiger partial charge in [0.1, 0.15) is 67.6 Å². The molecule has 472 valence electrons. The van der Waals surface area contributed by atoms with Crippen molar-refractivity contribution in [3.8, 4) is 23.0 Å². The van der Waals surface area contributed by atoms with E-state index in [1.165, 1.54) is 97.1 Å². The van der Waals surface area contributed by atoms with E-state index in [0.29, 0.717) is 21.5 Å². The Bertz CT molecular complexity index is 3490. The summed E-state index contributed by atoms with van der Waals surface area (Å²) in [6, 6.07) is 22.1. The standard InChI is InChI=1S/C61H64N4O24/c66-41-5-1-37-25-45(57(74)86-49(37)29-41)53(70)62-9-13-78-17-21-82-33-61(34-83-22-18-79-14-10-63-54(71)46-26-38-2-6-42(67)30-50(38)87-58(46)75,35-84-23-19-80-15-11-64-55(72)47-27-39-3-7-43(68)31-51(39)88-59(47)76)36-85-24-20-81-16-12-65-56(73)48-28-40-4-8-44(69)32-52(40)89-60(48)77/h1-8,25-32,66-69H,9-24,33-36H2,(H,62,70)(H,63,71)(H,64,72)(H,65,73). The maximum atomic E-state index is 12.9. The van der Waals surface area contributed by atoms with E-state index in [0.717, 1.165) is 0 Å². The number of hydrogen-bond donors (Lipinski definition) is 8. The molecular formula is C61H64N4O24. The van der Waals surface area contributed by atoms with E-state index in [9.17, 15) is 58.8 Å². The van der Waals surface area contributed by atoms with Crippen molar-refractivity contribution in [2.24, 2.45) is 5.41 Å². The Hall–Kier alpha value is -9.52. The topological polar surface area (TPSA) is 392 Å². The molecule has 8 N–H and O–H groups in total. The molecule has 4 amide bonds. The van der Waals surface area contributed by atoms with Gasteiger partial charge < -0.3 is 97.3 Å². The molecule has 28 nitrogen and oxygen atoms in total. The van der Waals surface area contributed by atoms with Gasteiger partial charge in [-0.15, -0.1) is 0 Å². The highest BCUT2D eigenvalue weighted by Gasteiger charge is 2.33. The molecule has 0 aliphatic heterocycles. The first-order valence-electron chi connectivity index (χ1n) is 27.9. The summed E-state index contributed by atoms with van der Waals surface area (Å²) in [7, 11) is 0. The zero-order chi connectivity index (χ0) is 63.1. The van der Waals surface area contributed by atoms with Crippen LogP contribution in [0, 0.1) is 5.41 Å². The quantitative estimate of drug-likeness (QED) is 0.0207. The lowest BCUT2D eigenvalue weighted by atomic mass is 9.92. The number of ether oxygens (including phenoxy) is 8. The van der Waals surface area contributed by atoms with Gasteiger partial charge in [0, 0.05) is 72.0 Å². The first-order chi connectivity index (χ1) is 43.0. The largest absolute Gasteiger partial charge is 0.508 e. The molecule has 0 saturated heterocycles. The average Bonchev–Trinajstić information content (AvgIpc) is 3.07. The van der Waals surface area contributed by atoms with Gasteiger partial charge in [0.2, 0.25) is 0 Å². The monoisotopic (exact) mass is 1240 g/mol. The van der Waals surface area contributed by atoms with Gasteiger partial charge >= 0.3 is 22.5 Å². The third-order valence-electron chi connectivity index (χ3n) is 13.1. The Morgan fingerprint density at radius 1 is 0.315 bits per heavy atom. The Morgan fingerprint density at radius 2 is 0.528 bits per heavy atom. The van der Waals surface area contributed by atoms with E-state index in [1.54, 1.807) is 0 Å². The summed E-state index contributed by atoms with van der Waals surface area (Å²) in [6.45, 7) is 0.672. The van der Waals surface area contributed by atoms with E-state index in [1.807, 2.05) is 0 Å². The number of amides is 4. The Kier molecular flexibility index (Phi) is 23.9. The van der Waals surface area contributed by atoms with Crippen LogP contribution in [0.1, 0.15) is 41.4 Å². The van der Waals surface area contributed by atoms with Crippen molar-refractivity contribution in [1.29, 1.82) is 0 Å². The normalized spacial score (nSPS) is 11.6. The molecule has 4 aromatic carbocycles. The molecule has 8 aromatic rings. The summed E-state index contributed by atoms with van der Waals surface area (Å²) in [5, 5.41) is 51.1. The molecule has 4 heterocycles. The highest BCUT2D eigenvalue weighted by atomic mass is 16.6. The van der Waals surface area contributed by atoms with Gasteiger partial charge in [-0.05, 0) is 72.8 Å². The van der Waals surface area contributed by atoms with E-state index < -0.39 is 51.5 Å². The average molecular weight is 1240 g/mol. The molecule has 0 unspecified atom stereocenters. The Morgan fingerprint density at radius 3 is 0.753 bits per heavy atom. The van der Waals surface area contributed by atoms with Crippen LogP contribution in [0.25, 0.3) is 43.9 Å². The second kappa shape index (κ2) is 32.5. The van der Waals surface area contributed by atoms with Gasteiger partial charge in [0.05, 0.1) is 111 Å². The number of benzene rings is 4. The molecule has 0 fully saturated rings. The minimum absolute atomic E-state index is 0.0208. The zero-order valence-electron chi connectivity index (χ0n) is 47.8. The number of phenols is 4. The fourth-order valence-corrected chi connectivity index (χ4v) is 8.64. The van der Waals surface area contributed by atoms with Crippen molar-refractivity contribution in [2.75, 3.05) is 132 Å². The molecule has 4 aromatic heterocycles. The third-order valence-corrected chi connectivity index (χ3v) is 13.1. The molecule has 0 bridgehead atoms. The van der Waals surface area contributed by atoms with Gasteiger partial charge in [0.15, 0.2) is 0 Å². The van der Waals surface area contributed by atoms with Crippen LogP contribution >= 0.6 is 0 Å². The lowest BCUT2D eigenvalue weighted by molar-refractivity contribution is -0.121. The molecule has 0 atom stereocenters. The summed E-state index contributed by atoms with van der Waals surface area (Å²) >= 11 is 0. The summed E-state index contributed by atoms with van der Waals surface area (Å²) in [5.74, 6) is -3.17. The molecule has 0 aliphatic carbocycles. The van der Waals surface area contributed by atoms with Gasteiger partial charge in [-0.1, -0.05) is 0 Å². The number of fused-ring (bicyclic) bond motifs is 4. The molecule has 0 aliphatic rings. The predicted molar refractivity (Wildman–Crippen MR) is 315 cm³/mol. The number of nitrogens with one attached hydrogen (secondary N) is 4. The van der Waals surface area contributed by atoms with Crippen LogP contribution in [-0.4, -0.2) is 176 Å². The fourth-order valence-electron chi connectivity index (χ4n) is 8.64. The summed E-state index contributed by atoms with van der Waals surface area (Å²) in [6.07, 6.45) is 0. The van der Waals surface area contributed by atoms with Crippen molar-refractivity contribution in [3.05, 3.63) is 161 Å². The van der Waals surface area contributed by atoms with Crippen molar-refractivity contribution in [3.63, 3.8) is 0 Å². The Labute approximate surface area is 503 Å². The Balaban J connectivity index is 0.833. The van der Waals surface area contributed by atoms with Gasteiger partial charge in [-0.25, -0.2) is 19.2 Å². The molecule has 0 saturated carbocycles. The lowest BCUT2D eigenvalue weighted by Crippen LogP contribution is -2.43. The number of aromatic hydroxyl groups is 4. The summed E-state index contributed by atoms with van der Waals surface area (Å²) in [4.78, 5) is 101. The maximum Gasteiger partial charge on any atom is 0.349 e. The summed E-state index contributed by atoms with van der Waals surface area (Å²) in [5.41, 5.74) is -5.01. The minimum Gasteiger partial charge on any atom is -0.508 e. The highest BCUT2D eigenvalue weighted by Crippen LogP contribution is 2.24. The molecule has 28 heteroatoms. The molecule has 0 spiro atoms. The summed E-state index contributed by atoms with van der Waals surface area (Å²) < 4.78 is 68.1. The molecule has 89 heavy (non-hydrogen) atoms. The van der Waals surface area contributed by atoms with Crippen LogP contribution < -0.4 is 43.8 Å². The number of carbonyl (C=O) groups excluding carboxylic acids is 4. The van der Waals surface area contributed by atoms with Crippen LogP contribution in [0.4, 0.5) is 0 Å². The SMILES string of the molecule is O=C(NCCOCCOCC(COCCOCCNC(=O)c1cc2ccc(O)cc2oc1=O)(COCCOCCNC(=O)c1cc2ccc(O)cc2oc1=O)COCCOCCNC(=O)c1cc2ccc(O)cc2oc1=O)c1cc2ccc(O)cc2oc1=O. The lowest BCUT2D eigenvalue weighted by Gasteiger charge is -2.33. The third kappa shape index (κ3) is 19.2. The van der Waals surface area contributed by atoms with Crippen LogP contribution in [0.2, 0.25) is 0 Å². The predicted octanol–water partition coefficient (Wildman–Crippen LogP) is 3.07. The molecular weight excluding hydrogens is 1170 g/mol. The first-order valence-corrected chi connectivity index (χ1v) is 27.9. The van der Waals surface area contributed by atoms with Crippen molar-refractivity contribution in [2.45, 2.75) is 0 Å². The number of rotatable bonds is 36. The molecule has 8 rings (SSSR count).